The molecular weight excluding hydrogens is 1110 g/mol. The molecule has 0 radical (unpaired) electrons. The van der Waals surface area contributed by atoms with E-state index < -0.39 is 83.7 Å². The Morgan fingerprint density at radius 1 is 0.977 bits per heavy atom. The van der Waals surface area contributed by atoms with Gasteiger partial charge in [0.1, 0.15) is 61.1 Å². The van der Waals surface area contributed by atoms with Gasteiger partial charge in [-0.05, 0) is 111 Å². The topological polar surface area (TPSA) is 247 Å². The van der Waals surface area contributed by atoms with Gasteiger partial charge in [0.05, 0.1) is 57.6 Å². The lowest BCUT2D eigenvalue weighted by molar-refractivity contribution is -0.188. The van der Waals surface area contributed by atoms with Crippen molar-refractivity contribution in [1.82, 2.24) is 39.6 Å². The number of ether oxygens (including phenoxy) is 4. The van der Waals surface area contributed by atoms with Crippen LogP contribution in [0.1, 0.15) is 85.3 Å². The highest BCUT2D eigenvalue weighted by Crippen LogP contribution is 2.46. The first-order valence-electron chi connectivity index (χ1n) is 28.8. The van der Waals surface area contributed by atoms with E-state index >= 15 is 8.78 Å². The molecule has 10 heterocycles. The van der Waals surface area contributed by atoms with Crippen LogP contribution in [0.25, 0.3) is 55.2 Å². The number of nitrogens with one attached hydrogen (secondary N) is 1. The number of anilines is 2. The third-order valence-corrected chi connectivity index (χ3v) is 18.6. The fourth-order valence-electron chi connectivity index (χ4n) is 14.6. The summed E-state index contributed by atoms with van der Waals surface area (Å²) >= 11 is 0. The van der Waals surface area contributed by atoms with Crippen molar-refractivity contribution in [3.8, 4) is 46.7 Å². The average Bonchev–Trinajstić information content (AvgIpc) is 1.75. The summed E-state index contributed by atoms with van der Waals surface area (Å²) in [7, 11) is 0. The molecule has 6 aliphatic heterocycles. The standard InChI is InChI=1S/C63H57F3N10O10/c1-4-37-45(65)13-10-32-18-36(77)19-40(50(32)37)54-52(66)55-41(22-68-54)56(72-60(71-55)85-30-62-16-7-17-74(62)24-33(64)21-62)73-25-34-11-12-35(26-73)76(34)57(79)31(3)28-84-61(82)69-23-49(78)86-63(5-2)44-20-48-53-42(27-75(48)58(80)43(44)29-83-59(63)81)38-8-6-9-39-46(67)14-15-47(70-53)51(38)39/h1,10,13-15,18-20,22,33-35,77H,3,5-9,11-12,16-17,21,23-30,67H2,2H3,(H,69,82)/t33-,34?,35?,62+,63+/m1/s1. The maximum atomic E-state index is 17.4. The predicted octanol–water partition coefficient (Wildman–Crippen LogP) is 6.94. The van der Waals surface area contributed by atoms with Crippen LogP contribution in [0.15, 0.2) is 65.6 Å². The Balaban J connectivity index is 0.665. The Bertz CT molecular complexity index is 4270. The lowest BCUT2D eigenvalue weighted by Crippen LogP contribution is -2.56. The van der Waals surface area contributed by atoms with Gasteiger partial charge in [-0.2, -0.15) is 9.97 Å². The van der Waals surface area contributed by atoms with E-state index in [9.17, 15) is 33.5 Å². The highest BCUT2D eigenvalue weighted by molar-refractivity contribution is 6.03. The Kier molecular flexibility index (Phi) is 13.0. The molecular formula is C63H57F3N10O10. The van der Waals surface area contributed by atoms with Gasteiger partial charge in [0.15, 0.2) is 5.82 Å². The van der Waals surface area contributed by atoms with Gasteiger partial charge in [-0.15, -0.1) is 6.42 Å². The second-order valence-electron chi connectivity index (χ2n) is 23.4. The Morgan fingerprint density at radius 2 is 1.78 bits per heavy atom. The summed E-state index contributed by atoms with van der Waals surface area (Å²) in [5.41, 5.74) is 8.57. The van der Waals surface area contributed by atoms with E-state index in [0.717, 1.165) is 59.3 Å². The number of rotatable bonds is 12. The van der Waals surface area contributed by atoms with Gasteiger partial charge in [-0.3, -0.25) is 24.3 Å². The van der Waals surface area contributed by atoms with Gasteiger partial charge in [-0.25, -0.2) is 27.7 Å². The number of fused-ring (bicyclic) bond motifs is 10. The van der Waals surface area contributed by atoms with Crippen molar-refractivity contribution in [1.29, 1.82) is 0 Å². The number of pyridine rings is 3. The molecule has 2 unspecified atom stereocenters. The monoisotopic (exact) mass is 1170 g/mol. The highest BCUT2D eigenvalue weighted by atomic mass is 19.1. The third kappa shape index (κ3) is 8.56. The molecule has 4 aromatic heterocycles. The fourth-order valence-corrected chi connectivity index (χ4v) is 14.6. The van der Waals surface area contributed by atoms with E-state index in [2.05, 4.69) is 32.7 Å². The molecule has 86 heavy (non-hydrogen) atoms. The van der Waals surface area contributed by atoms with Gasteiger partial charge >= 0.3 is 24.0 Å². The van der Waals surface area contributed by atoms with E-state index in [4.69, 9.17) is 41.1 Å². The van der Waals surface area contributed by atoms with E-state index in [1.165, 1.54) is 24.4 Å². The first-order chi connectivity index (χ1) is 41.5. The maximum absolute atomic E-state index is 17.4. The number of hydrogen-bond acceptors (Lipinski definition) is 17. The maximum Gasteiger partial charge on any atom is 0.407 e. The molecule has 14 rings (SSSR count). The van der Waals surface area contributed by atoms with Crippen molar-refractivity contribution in [3.05, 3.63) is 116 Å². The van der Waals surface area contributed by atoms with Crippen LogP contribution in [0.2, 0.25) is 0 Å². The number of halogens is 3. The molecule has 3 aromatic carbocycles. The molecule has 20 nitrogen and oxygen atoms in total. The molecule has 2 amide bonds. The second kappa shape index (κ2) is 20.5. The number of aromatic hydroxyl groups is 1. The summed E-state index contributed by atoms with van der Waals surface area (Å²) in [6, 6.07) is 9.59. The molecule has 0 saturated carbocycles. The van der Waals surface area contributed by atoms with Crippen LogP contribution >= 0.6 is 0 Å². The van der Waals surface area contributed by atoms with E-state index in [0.29, 0.717) is 48.3 Å². The Hall–Kier alpha value is -9.30. The van der Waals surface area contributed by atoms with E-state index in [1.54, 1.807) is 22.5 Å². The number of carbonyl (C=O) groups is 4. The molecule has 2 bridgehead atoms. The summed E-state index contributed by atoms with van der Waals surface area (Å²) in [5.74, 6) is -1.67. The Morgan fingerprint density at radius 3 is 2.57 bits per heavy atom. The average molecular weight is 1170 g/mol. The number of benzene rings is 3. The zero-order valence-electron chi connectivity index (χ0n) is 46.8. The smallest absolute Gasteiger partial charge is 0.407 e. The number of aryl methyl sites for hydroxylation is 2. The van der Waals surface area contributed by atoms with Crippen LogP contribution in [-0.4, -0.2) is 133 Å². The number of nitrogens with zero attached hydrogens (tertiary/aromatic N) is 8. The number of amides is 2. The Labute approximate surface area is 489 Å². The van der Waals surface area contributed by atoms with Crippen LogP contribution in [0.4, 0.5) is 29.5 Å². The summed E-state index contributed by atoms with van der Waals surface area (Å²) in [6.07, 6.45) is 10.4. The summed E-state index contributed by atoms with van der Waals surface area (Å²) in [6.45, 7) is 5.63. The molecule has 0 spiro atoms. The number of esters is 2. The van der Waals surface area contributed by atoms with Crippen molar-refractivity contribution < 1.29 is 56.4 Å². The molecule has 4 fully saturated rings. The van der Waals surface area contributed by atoms with Gasteiger partial charge in [0, 0.05) is 71.0 Å². The highest BCUT2D eigenvalue weighted by Gasteiger charge is 2.52. The fraction of sp³-hybridized carbons (Fsp3) is 0.381. The summed E-state index contributed by atoms with van der Waals surface area (Å²) < 4.78 is 72.2. The van der Waals surface area contributed by atoms with Crippen molar-refractivity contribution in [2.75, 3.05) is 56.6 Å². The number of nitrogen functional groups attached to an aromatic ring is 1. The predicted molar refractivity (Wildman–Crippen MR) is 308 cm³/mol. The van der Waals surface area contributed by atoms with Crippen LogP contribution in [0.5, 0.6) is 11.8 Å². The number of terminal acetylenes is 1. The van der Waals surface area contributed by atoms with Crippen molar-refractivity contribution in [3.63, 3.8) is 0 Å². The van der Waals surface area contributed by atoms with Gasteiger partial charge in [0.2, 0.25) is 5.60 Å². The molecule has 1 aliphatic carbocycles. The van der Waals surface area contributed by atoms with Crippen molar-refractivity contribution in [2.24, 2.45) is 0 Å². The van der Waals surface area contributed by atoms with Crippen molar-refractivity contribution >= 4 is 68.0 Å². The van der Waals surface area contributed by atoms with Gasteiger partial charge in [0.25, 0.3) is 11.5 Å². The number of piperazine rings is 1. The van der Waals surface area contributed by atoms with Crippen LogP contribution < -0.4 is 26.2 Å². The lowest BCUT2D eigenvalue weighted by Gasteiger charge is -2.42. The number of nitrogens with two attached hydrogens (primary N) is 1. The molecule has 5 atom stereocenters. The summed E-state index contributed by atoms with van der Waals surface area (Å²) in [5, 5.41) is 14.8. The molecule has 23 heteroatoms. The minimum absolute atomic E-state index is 0.0276. The van der Waals surface area contributed by atoms with E-state index in [1.807, 2.05) is 17.0 Å². The van der Waals surface area contributed by atoms with Crippen LogP contribution in [0, 0.1) is 24.0 Å². The number of cyclic esters (lactones) is 1. The third-order valence-electron chi connectivity index (χ3n) is 18.6. The van der Waals surface area contributed by atoms with Crippen LogP contribution in [-0.2, 0) is 60.2 Å². The lowest BCUT2D eigenvalue weighted by atomic mass is 9.85. The molecule has 7 aromatic rings. The number of phenolic OH excluding ortho intramolecular Hbond substituents is 1. The number of alkyl carbamates (subject to hydrolysis) is 1. The molecule has 440 valence electrons. The normalized spacial score (nSPS) is 22.5. The largest absolute Gasteiger partial charge is 0.508 e. The first-order valence-corrected chi connectivity index (χ1v) is 28.8. The number of hydrogen-bond donors (Lipinski definition) is 3. The quantitative estimate of drug-likeness (QED) is 0.0368. The molecule has 4 N–H and O–H groups in total. The van der Waals surface area contributed by atoms with Gasteiger partial charge in [-0.1, -0.05) is 25.5 Å². The minimum Gasteiger partial charge on any atom is -0.508 e. The van der Waals surface area contributed by atoms with Crippen LogP contribution in [0.3, 0.4) is 0 Å². The number of phenols is 1. The zero-order chi connectivity index (χ0) is 59.7. The number of alkyl halides is 1. The second-order valence-corrected chi connectivity index (χ2v) is 23.4. The molecule has 4 saturated heterocycles. The van der Waals surface area contributed by atoms with Crippen molar-refractivity contribution in [2.45, 2.75) is 107 Å². The zero-order valence-corrected chi connectivity index (χ0v) is 46.8. The van der Waals surface area contributed by atoms with E-state index in [-0.39, 0.29) is 120 Å². The van der Waals surface area contributed by atoms with Gasteiger partial charge < -0.3 is 49.5 Å². The summed E-state index contributed by atoms with van der Waals surface area (Å²) in [4.78, 5) is 93.7. The number of carbonyl (C=O) groups excluding carboxylic acids is 4. The first kappa shape index (κ1) is 54.6. The minimum atomic E-state index is -2.04. The number of aromatic nitrogens is 5. The SMILES string of the molecule is C#Cc1c(F)ccc2cc(O)cc(-c3ncc4c(N5CC6CCC(C5)N6C(=O)C(=C)COC(=O)NCC(=O)O[C@]5(CC)C(=O)OCc6c5cc5n(c6=O)Cc6c-5nc5ccc(N)c7c5c6CCC7)nc(OC[C@@]56CCCN5C[C@H](F)C6)nc4c3F)c12. The molecule has 7 aliphatic rings.